The molecule has 15 heteroatoms. The van der Waals surface area contributed by atoms with Gasteiger partial charge in [0, 0.05) is 50.6 Å². The standard InChI is InChI=1S/C20H29N3O2.2C2HF3O2/c24-19-4-7-20(23(19)15-17-3-1-9-21-13-17)6-2-10-22(11-8-20)14-18-5-12-25-16-18;2*3-2(4,5)1(6)7/h1,3,9,13,18H,2,4-8,10-12,14-16H2;2*(H,6,7). The van der Waals surface area contributed by atoms with Crippen LogP contribution in [0.25, 0.3) is 0 Å². The van der Waals surface area contributed by atoms with Crippen LogP contribution in [0.2, 0.25) is 0 Å². The molecule has 1 spiro atoms. The number of alkyl halides is 6. The molecule has 1 aromatic heterocycles. The molecule has 1 aromatic rings. The third-order valence-corrected chi connectivity index (χ3v) is 6.78. The molecular weight excluding hydrogens is 540 g/mol. The lowest BCUT2D eigenvalue weighted by atomic mass is 9.87. The fraction of sp³-hybridized carbons (Fsp3) is 0.667. The fourth-order valence-corrected chi connectivity index (χ4v) is 4.83. The molecule has 3 saturated heterocycles. The van der Waals surface area contributed by atoms with Crippen molar-refractivity contribution in [3.8, 4) is 0 Å². The van der Waals surface area contributed by atoms with E-state index in [1.807, 2.05) is 12.3 Å². The minimum absolute atomic E-state index is 0.0633. The van der Waals surface area contributed by atoms with Crippen LogP contribution in [0.5, 0.6) is 0 Å². The van der Waals surface area contributed by atoms with Crippen LogP contribution < -0.4 is 0 Å². The predicted molar refractivity (Wildman–Crippen MR) is 123 cm³/mol. The van der Waals surface area contributed by atoms with Crippen LogP contribution in [-0.2, 0) is 25.7 Å². The molecule has 0 bridgehead atoms. The van der Waals surface area contributed by atoms with E-state index < -0.39 is 24.3 Å². The molecule has 2 unspecified atom stereocenters. The highest BCUT2D eigenvalue weighted by Gasteiger charge is 2.45. The van der Waals surface area contributed by atoms with E-state index in [0.717, 1.165) is 57.7 Å². The van der Waals surface area contributed by atoms with Gasteiger partial charge in [-0.25, -0.2) is 9.59 Å². The van der Waals surface area contributed by atoms with Crippen molar-refractivity contribution < 1.29 is 55.7 Å². The smallest absolute Gasteiger partial charge is 0.475 e. The summed E-state index contributed by atoms with van der Waals surface area (Å²) in [5.41, 5.74) is 1.20. The van der Waals surface area contributed by atoms with Crippen molar-refractivity contribution in [2.24, 2.45) is 5.92 Å². The molecule has 220 valence electrons. The first-order valence-electron chi connectivity index (χ1n) is 12.2. The lowest BCUT2D eigenvalue weighted by Crippen LogP contribution is -2.46. The van der Waals surface area contributed by atoms with E-state index in [1.165, 1.54) is 12.8 Å². The summed E-state index contributed by atoms with van der Waals surface area (Å²) in [6.45, 7) is 5.99. The number of aliphatic carboxylic acids is 2. The molecule has 2 atom stereocenters. The molecule has 3 aliphatic rings. The minimum Gasteiger partial charge on any atom is -0.475 e. The average molecular weight is 572 g/mol. The van der Waals surface area contributed by atoms with Crippen LogP contribution in [-0.4, -0.2) is 93.6 Å². The van der Waals surface area contributed by atoms with Crippen molar-refractivity contribution in [1.82, 2.24) is 14.8 Å². The average Bonchev–Trinajstić information content (AvgIpc) is 3.40. The lowest BCUT2D eigenvalue weighted by Gasteiger charge is -2.38. The Hall–Kier alpha value is -2.94. The van der Waals surface area contributed by atoms with Crippen molar-refractivity contribution in [1.29, 1.82) is 0 Å². The SMILES string of the molecule is O=C(O)C(F)(F)F.O=C(O)C(F)(F)F.O=C1CCC2(CCCN(CC3CCOC3)CC2)N1Cc1cccnc1. The number of nitrogens with zero attached hydrogens (tertiary/aromatic N) is 3. The number of likely N-dealkylation sites (tertiary alicyclic amines) is 2. The summed E-state index contributed by atoms with van der Waals surface area (Å²) >= 11 is 0. The highest BCUT2D eigenvalue weighted by Crippen LogP contribution is 2.40. The quantitative estimate of drug-likeness (QED) is 0.525. The third-order valence-electron chi connectivity index (χ3n) is 6.78. The number of ether oxygens (including phenoxy) is 1. The highest BCUT2D eigenvalue weighted by molar-refractivity contribution is 5.79. The Morgan fingerprint density at radius 2 is 1.69 bits per heavy atom. The van der Waals surface area contributed by atoms with Gasteiger partial charge in [0.25, 0.3) is 0 Å². The largest absolute Gasteiger partial charge is 0.490 e. The molecule has 0 aliphatic carbocycles. The molecule has 1 amide bonds. The van der Waals surface area contributed by atoms with Gasteiger partial charge in [0.1, 0.15) is 0 Å². The van der Waals surface area contributed by atoms with Crippen molar-refractivity contribution in [2.45, 2.75) is 63.0 Å². The second kappa shape index (κ2) is 13.9. The highest BCUT2D eigenvalue weighted by atomic mass is 19.4. The summed E-state index contributed by atoms with van der Waals surface area (Å²) in [5.74, 6) is -4.49. The molecular formula is C24H31F6N3O6. The molecule has 3 fully saturated rings. The van der Waals surface area contributed by atoms with Crippen LogP contribution >= 0.6 is 0 Å². The van der Waals surface area contributed by atoms with E-state index in [9.17, 15) is 31.1 Å². The second-order valence-electron chi connectivity index (χ2n) is 9.56. The number of carboxylic acid groups (broad SMARTS) is 2. The molecule has 4 rings (SSSR count). The first-order valence-corrected chi connectivity index (χ1v) is 12.2. The summed E-state index contributed by atoms with van der Waals surface area (Å²) < 4.78 is 69.0. The Kier molecular flexibility index (Phi) is 11.5. The summed E-state index contributed by atoms with van der Waals surface area (Å²) in [4.78, 5) is 39.4. The Morgan fingerprint density at radius 1 is 1.05 bits per heavy atom. The topological polar surface area (TPSA) is 120 Å². The zero-order valence-corrected chi connectivity index (χ0v) is 21.0. The zero-order chi connectivity index (χ0) is 29.3. The predicted octanol–water partition coefficient (Wildman–Crippen LogP) is 3.73. The zero-order valence-electron chi connectivity index (χ0n) is 21.0. The number of carboxylic acids is 2. The third kappa shape index (κ3) is 10.3. The molecule has 0 radical (unpaired) electrons. The van der Waals surface area contributed by atoms with Gasteiger partial charge >= 0.3 is 24.3 Å². The fourth-order valence-electron chi connectivity index (χ4n) is 4.83. The number of aromatic nitrogens is 1. The Labute approximate surface area is 220 Å². The maximum Gasteiger partial charge on any atom is 0.490 e. The monoisotopic (exact) mass is 571 g/mol. The van der Waals surface area contributed by atoms with Gasteiger partial charge in [-0.15, -0.1) is 0 Å². The van der Waals surface area contributed by atoms with Gasteiger partial charge in [-0.3, -0.25) is 9.78 Å². The lowest BCUT2D eigenvalue weighted by molar-refractivity contribution is -0.193. The summed E-state index contributed by atoms with van der Waals surface area (Å²) in [6.07, 6.45) is -0.131. The first kappa shape index (κ1) is 32.3. The number of pyridine rings is 1. The molecule has 39 heavy (non-hydrogen) atoms. The van der Waals surface area contributed by atoms with Crippen LogP contribution in [0.4, 0.5) is 26.3 Å². The van der Waals surface area contributed by atoms with E-state index in [-0.39, 0.29) is 5.54 Å². The van der Waals surface area contributed by atoms with E-state index in [2.05, 4.69) is 20.9 Å². The van der Waals surface area contributed by atoms with E-state index >= 15 is 0 Å². The van der Waals surface area contributed by atoms with Gasteiger partial charge in [0.15, 0.2) is 0 Å². The van der Waals surface area contributed by atoms with Gasteiger partial charge < -0.3 is 24.7 Å². The molecule has 2 N–H and O–H groups in total. The summed E-state index contributed by atoms with van der Waals surface area (Å²) in [6, 6.07) is 4.04. The van der Waals surface area contributed by atoms with Crippen LogP contribution in [0.15, 0.2) is 24.5 Å². The Balaban J connectivity index is 0.000000317. The van der Waals surface area contributed by atoms with Crippen molar-refractivity contribution >= 4 is 17.8 Å². The van der Waals surface area contributed by atoms with E-state index in [1.54, 1.807) is 6.20 Å². The van der Waals surface area contributed by atoms with Crippen molar-refractivity contribution in [2.75, 3.05) is 32.8 Å². The molecule has 4 heterocycles. The molecule has 9 nitrogen and oxygen atoms in total. The van der Waals surface area contributed by atoms with E-state index in [0.29, 0.717) is 24.8 Å². The number of rotatable bonds is 4. The van der Waals surface area contributed by atoms with Gasteiger partial charge in [0.2, 0.25) is 5.91 Å². The van der Waals surface area contributed by atoms with Crippen molar-refractivity contribution in [3.63, 3.8) is 0 Å². The first-order chi connectivity index (χ1) is 18.1. The number of hydrogen-bond donors (Lipinski definition) is 2. The molecule has 0 aromatic carbocycles. The summed E-state index contributed by atoms with van der Waals surface area (Å²) in [5, 5.41) is 14.2. The van der Waals surface area contributed by atoms with E-state index in [4.69, 9.17) is 24.5 Å². The minimum atomic E-state index is -5.08. The van der Waals surface area contributed by atoms with Gasteiger partial charge in [0.05, 0.1) is 6.61 Å². The van der Waals surface area contributed by atoms with Gasteiger partial charge in [-0.05, 0) is 56.2 Å². The van der Waals surface area contributed by atoms with Gasteiger partial charge in [-0.2, -0.15) is 26.3 Å². The number of carbonyl (C=O) groups excluding carboxylic acids is 1. The number of amides is 1. The van der Waals surface area contributed by atoms with Crippen LogP contribution in [0, 0.1) is 5.92 Å². The summed E-state index contributed by atoms with van der Waals surface area (Å²) in [7, 11) is 0. The van der Waals surface area contributed by atoms with Gasteiger partial charge in [-0.1, -0.05) is 6.07 Å². The maximum absolute atomic E-state index is 12.6. The van der Waals surface area contributed by atoms with Crippen molar-refractivity contribution in [3.05, 3.63) is 30.1 Å². The number of carbonyl (C=O) groups is 3. The van der Waals surface area contributed by atoms with Crippen LogP contribution in [0.1, 0.15) is 44.1 Å². The molecule has 0 saturated carbocycles. The Bertz CT molecular complexity index is 932. The van der Waals surface area contributed by atoms with Crippen LogP contribution in [0.3, 0.4) is 0 Å². The Morgan fingerprint density at radius 3 is 2.21 bits per heavy atom. The number of halogens is 6. The normalized spacial score (nSPS) is 23.9. The maximum atomic E-state index is 12.6. The number of hydrogen-bond acceptors (Lipinski definition) is 6. The second-order valence-corrected chi connectivity index (χ2v) is 9.56. The molecule has 3 aliphatic heterocycles.